The van der Waals surface area contributed by atoms with Crippen molar-refractivity contribution in [2.24, 2.45) is 0 Å². The van der Waals surface area contributed by atoms with E-state index >= 15 is 0 Å². The molecule has 0 aliphatic carbocycles. The second kappa shape index (κ2) is 9.19. The van der Waals surface area contributed by atoms with Gasteiger partial charge < -0.3 is 9.42 Å². The van der Waals surface area contributed by atoms with Crippen LogP contribution in [0.5, 0.6) is 0 Å². The van der Waals surface area contributed by atoms with Gasteiger partial charge in [-0.2, -0.15) is 9.29 Å². The van der Waals surface area contributed by atoms with E-state index in [4.69, 9.17) is 4.52 Å². The Morgan fingerprint density at radius 1 is 1.07 bits per heavy atom. The van der Waals surface area contributed by atoms with Gasteiger partial charge in [0, 0.05) is 19.2 Å². The van der Waals surface area contributed by atoms with E-state index in [-0.39, 0.29) is 31.4 Å². The number of sulfonamides is 1. The first-order chi connectivity index (χ1) is 14.2. The minimum atomic E-state index is -3.57. The van der Waals surface area contributed by atoms with Crippen LogP contribution in [0.3, 0.4) is 0 Å². The maximum Gasteiger partial charge on any atom is 0.246 e. The molecule has 0 N–H and O–H groups in total. The van der Waals surface area contributed by atoms with E-state index in [9.17, 15) is 13.2 Å². The molecule has 158 valence electrons. The first-order valence-electron chi connectivity index (χ1n) is 9.35. The molecule has 9 heteroatoms. The standard InChI is InChI=1S/C21H24N4O4S/c1-16-8-7-11-18(12-16)21-22-19(29-23-21)14-24(2)20(26)15-25(30(3,27)28)13-17-9-5-4-6-10-17/h4-12H,13-15H2,1-3H3. The van der Waals surface area contributed by atoms with Gasteiger partial charge >= 0.3 is 0 Å². The summed E-state index contributed by atoms with van der Waals surface area (Å²) in [6, 6.07) is 16.8. The molecular weight excluding hydrogens is 404 g/mol. The minimum Gasteiger partial charge on any atom is -0.337 e. The molecule has 1 aromatic heterocycles. The maximum atomic E-state index is 12.6. The number of likely N-dealkylation sites (N-methyl/N-ethyl adjacent to an activating group) is 1. The molecule has 1 amide bonds. The number of carbonyl (C=O) groups is 1. The highest BCUT2D eigenvalue weighted by Crippen LogP contribution is 2.17. The topological polar surface area (TPSA) is 96.6 Å². The second-order valence-corrected chi connectivity index (χ2v) is 9.13. The quantitative estimate of drug-likeness (QED) is 0.547. The van der Waals surface area contributed by atoms with Crippen LogP contribution in [0.2, 0.25) is 0 Å². The van der Waals surface area contributed by atoms with Crippen LogP contribution in [0.25, 0.3) is 11.4 Å². The predicted molar refractivity (Wildman–Crippen MR) is 113 cm³/mol. The number of hydrogen-bond donors (Lipinski definition) is 0. The molecule has 1 heterocycles. The maximum absolute atomic E-state index is 12.6. The average molecular weight is 429 g/mol. The number of carbonyl (C=O) groups excluding carboxylic acids is 1. The Morgan fingerprint density at radius 2 is 1.80 bits per heavy atom. The van der Waals surface area contributed by atoms with Crippen molar-refractivity contribution in [1.29, 1.82) is 0 Å². The van der Waals surface area contributed by atoms with Crippen LogP contribution in [0.15, 0.2) is 59.1 Å². The van der Waals surface area contributed by atoms with E-state index in [0.717, 1.165) is 27.3 Å². The van der Waals surface area contributed by atoms with Gasteiger partial charge in [0.25, 0.3) is 0 Å². The summed E-state index contributed by atoms with van der Waals surface area (Å²) in [7, 11) is -1.99. The van der Waals surface area contributed by atoms with Crippen molar-refractivity contribution in [3.8, 4) is 11.4 Å². The third-order valence-electron chi connectivity index (χ3n) is 4.52. The molecule has 0 unspecified atom stereocenters. The zero-order chi connectivity index (χ0) is 21.7. The molecule has 0 fully saturated rings. The normalized spacial score (nSPS) is 11.6. The van der Waals surface area contributed by atoms with Crippen LogP contribution >= 0.6 is 0 Å². The average Bonchev–Trinajstić information content (AvgIpc) is 3.16. The molecule has 8 nitrogen and oxygen atoms in total. The van der Waals surface area contributed by atoms with Gasteiger partial charge in [-0.1, -0.05) is 59.3 Å². The molecule has 0 bridgehead atoms. The summed E-state index contributed by atoms with van der Waals surface area (Å²) in [5, 5.41) is 3.97. The number of aryl methyl sites for hydroxylation is 1. The molecule has 0 spiro atoms. The van der Waals surface area contributed by atoms with Crippen LogP contribution < -0.4 is 0 Å². The Morgan fingerprint density at radius 3 is 2.47 bits per heavy atom. The van der Waals surface area contributed by atoms with Gasteiger partial charge in [0.05, 0.1) is 19.3 Å². The molecule has 0 saturated carbocycles. The highest BCUT2D eigenvalue weighted by atomic mass is 32.2. The third kappa shape index (κ3) is 5.74. The number of rotatable bonds is 8. The molecule has 3 rings (SSSR count). The number of benzene rings is 2. The molecular formula is C21H24N4O4S. The Bertz CT molecular complexity index is 1110. The Balaban J connectivity index is 1.66. The van der Waals surface area contributed by atoms with Crippen LogP contribution in [0.1, 0.15) is 17.0 Å². The highest BCUT2D eigenvalue weighted by Gasteiger charge is 2.23. The van der Waals surface area contributed by atoms with Crippen molar-refractivity contribution >= 4 is 15.9 Å². The largest absolute Gasteiger partial charge is 0.337 e. The first kappa shape index (κ1) is 21.7. The fourth-order valence-electron chi connectivity index (χ4n) is 2.86. The minimum absolute atomic E-state index is 0.0839. The first-order valence-corrected chi connectivity index (χ1v) is 11.2. The Hall–Kier alpha value is -3.04. The van der Waals surface area contributed by atoms with Gasteiger partial charge in [0.2, 0.25) is 27.6 Å². The summed E-state index contributed by atoms with van der Waals surface area (Å²) in [6.45, 7) is 1.90. The SMILES string of the molecule is Cc1cccc(-c2noc(CN(C)C(=O)CN(Cc3ccccc3)S(C)(=O)=O)n2)c1. The van der Waals surface area contributed by atoms with Crippen molar-refractivity contribution < 1.29 is 17.7 Å². The molecule has 30 heavy (non-hydrogen) atoms. The summed E-state index contributed by atoms with van der Waals surface area (Å²) in [6.07, 6.45) is 1.09. The van der Waals surface area contributed by atoms with Crippen molar-refractivity contribution in [3.63, 3.8) is 0 Å². The molecule has 0 aliphatic heterocycles. The lowest BCUT2D eigenvalue weighted by molar-refractivity contribution is -0.131. The molecule has 0 saturated heterocycles. The zero-order valence-electron chi connectivity index (χ0n) is 17.1. The predicted octanol–water partition coefficient (Wildman–Crippen LogP) is 2.47. The molecule has 0 aliphatic rings. The van der Waals surface area contributed by atoms with Crippen LogP contribution in [-0.4, -0.2) is 53.5 Å². The van der Waals surface area contributed by atoms with E-state index in [1.807, 2.05) is 61.5 Å². The fraction of sp³-hybridized carbons (Fsp3) is 0.286. The molecule has 2 aromatic carbocycles. The molecule has 3 aromatic rings. The van der Waals surface area contributed by atoms with Gasteiger partial charge in [-0.15, -0.1) is 0 Å². The van der Waals surface area contributed by atoms with Crippen LogP contribution in [-0.2, 0) is 27.9 Å². The Kier molecular flexibility index (Phi) is 6.63. The van der Waals surface area contributed by atoms with Gasteiger partial charge in [-0.3, -0.25) is 4.79 Å². The van der Waals surface area contributed by atoms with Gasteiger partial charge in [-0.05, 0) is 18.6 Å². The van der Waals surface area contributed by atoms with Crippen molar-refractivity contribution in [2.75, 3.05) is 19.8 Å². The second-order valence-electron chi connectivity index (χ2n) is 7.15. The van der Waals surface area contributed by atoms with Gasteiger partial charge in [0.1, 0.15) is 0 Å². The number of aromatic nitrogens is 2. The number of hydrogen-bond acceptors (Lipinski definition) is 6. The fourth-order valence-corrected chi connectivity index (χ4v) is 3.59. The van der Waals surface area contributed by atoms with E-state index in [0.29, 0.717) is 5.82 Å². The lowest BCUT2D eigenvalue weighted by Gasteiger charge is -2.22. The van der Waals surface area contributed by atoms with Crippen LogP contribution in [0, 0.1) is 6.92 Å². The smallest absolute Gasteiger partial charge is 0.246 e. The summed E-state index contributed by atoms with van der Waals surface area (Å²) >= 11 is 0. The van der Waals surface area contributed by atoms with E-state index < -0.39 is 10.0 Å². The van der Waals surface area contributed by atoms with Crippen molar-refractivity contribution in [2.45, 2.75) is 20.0 Å². The molecule has 0 atom stereocenters. The van der Waals surface area contributed by atoms with Gasteiger partial charge in [0.15, 0.2) is 0 Å². The van der Waals surface area contributed by atoms with E-state index in [1.54, 1.807) is 7.05 Å². The van der Waals surface area contributed by atoms with Crippen molar-refractivity contribution in [1.82, 2.24) is 19.3 Å². The monoisotopic (exact) mass is 428 g/mol. The van der Waals surface area contributed by atoms with Gasteiger partial charge in [-0.25, -0.2) is 8.42 Å². The van der Waals surface area contributed by atoms with E-state index in [1.165, 1.54) is 4.90 Å². The zero-order valence-corrected chi connectivity index (χ0v) is 18.0. The Labute approximate surface area is 176 Å². The summed E-state index contributed by atoms with van der Waals surface area (Å²) in [5.41, 5.74) is 2.70. The summed E-state index contributed by atoms with van der Waals surface area (Å²) < 4.78 is 30.7. The lowest BCUT2D eigenvalue weighted by Crippen LogP contribution is -2.40. The van der Waals surface area contributed by atoms with E-state index in [2.05, 4.69) is 10.1 Å². The third-order valence-corrected chi connectivity index (χ3v) is 5.72. The highest BCUT2D eigenvalue weighted by molar-refractivity contribution is 7.88. The number of nitrogens with zero attached hydrogens (tertiary/aromatic N) is 4. The van der Waals surface area contributed by atoms with Crippen LogP contribution in [0.4, 0.5) is 0 Å². The molecule has 0 radical (unpaired) electrons. The summed E-state index contributed by atoms with van der Waals surface area (Å²) in [5.74, 6) is 0.347. The summed E-state index contributed by atoms with van der Waals surface area (Å²) in [4.78, 5) is 18.4. The number of amides is 1. The van der Waals surface area contributed by atoms with Crippen molar-refractivity contribution in [3.05, 3.63) is 71.6 Å². The lowest BCUT2D eigenvalue weighted by atomic mass is 10.1.